The van der Waals surface area contributed by atoms with Crippen LogP contribution in [0.5, 0.6) is 11.5 Å². The molecule has 3 aromatic rings. The summed E-state index contributed by atoms with van der Waals surface area (Å²) >= 11 is 12.2. The standard InChI is InChI=1S/C27H30Cl2N8O3/c1-35-5-6-37(17-31-15-30)26(13-35)36-7-8-39-19(12-36)14-40-25-11-23-20(10-24(25)38-2)27(33-16-32-23)34-18-3-4-21(28)22(29)9-18/h3-4,9-11,16-17,19,26H,5-8,12-14H2,1-2H3,(H,32,33,34). The van der Waals surface area contributed by atoms with Gasteiger partial charge in [-0.3, -0.25) is 4.90 Å². The Kier molecular flexibility index (Phi) is 9.04. The summed E-state index contributed by atoms with van der Waals surface area (Å²) in [4.78, 5) is 19.4. The van der Waals surface area contributed by atoms with E-state index in [4.69, 9.17) is 42.7 Å². The monoisotopic (exact) mass is 584 g/mol. The van der Waals surface area contributed by atoms with Crippen molar-refractivity contribution < 1.29 is 14.2 Å². The van der Waals surface area contributed by atoms with Gasteiger partial charge in [0.1, 0.15) is 31.2 Å². The fraction of sp³-hybridized carbons (Fsp3) is 0.407. The van der Waals surface area contributed by atoms with Gasteiger partial charge in [0.15, 0.2) is 11.5 Å². The van der Waals surface area contributed by atoms with E-state index in [9.17, 15) is 0 Å². The average Bonchev–Trinajstić information content (AvgIpc) is 2.97. The van der Waals surface area contributed by atoms with Crippen LogP contribution in [0.15, 0.2) is 41.7 Å². The van der Waals surface area contributed by atoms with E-state index in [0.717, 1.165) is 37.3 Å². The molecule has 0 spiro atoms. The van der Waals surface area contributed by atoms with Gasteiger partial charge in [0.05, 0.1) is 35.4 Å². The van der Waals surface area contributed by atoms with Gasteiger partial charge in [-0.15, -0.1) is 0 Å². The highest BCUT2D eigenvalue weighted by Crippen LogP contribution is 2.35. The third-order valence-electron chi connectivity index (χ3n) is 6.98. The number of benzene rings is 2. The number of halogens is 2. The molecule has 0 amide bonds. The Morgan fingerprint density at radius 1 is 1.15 bits per heavy atom. The van der Waals surface area contributed by atoms with Crippen LogP contribution in [0.2, 0.25) is 10.0 Å². The second kappa shape index (κ2) is 12.8. The van der Waals surface area contributed by atoms with Gasteiger partial charge in [-0.2, -0.15) is 10.3 Å². The summed E-state index contributed by atoms with van der Waals surface area (Å²) in [5.74, 6) is 1.72. The minimum Gasteiger partial charge on any atom is -0.493 e. The number of nitrogens with zero attached hydrogens (tertiary/aromatic N) is 7. The molecule has 11 nitrogen and oxygen atoms in total. The fourth-order valence-corrected chi connectivity index (χ4v) is 5.21. The second-order valence-electron chi connectivity index (χ2n) is 9.62. The quantitative estimate of drug-likeness (QED) is 0.238. The summed E-state index contributed by atoms with van der Waals surface area (Å²) in [5, 5.41) is 13.9. The number of anilines is 2. The maximum Gasteiger partial charge on any atom is 0.207 e. The number of hydrogen-bond acceptors (Lipinski definition) is 10. The SMILES string of the molecule is COc1cc2c(Nc3ccc(Cl)c(Cl)c3)ncnc2cc1OCC1CN(C2CN(C)CCN2C=NC#N)CCO1. The molecule has 1 aromatic heterocycles. The van der Waals surface area contributed by atoms with Crippen LogP contribution in [0.1, 0.15) is 0 Å². The van der Waals surface area contributed by atoms with Crippen molar-refractivity contribution in [2.75, 3.05) is 65.4 Å². The molecule has 2 unspecified atom stereocenters. The molecule has 210 valence electrons. The van der Waals surface area contributed by atoms with Gasteiger partial charge in [0, 0.05) is 49.9 Å². The van der Waals surface area contributed by atoms with Crippen molar-refractivity contribution in [3.63, 3.8) is 0 Å². The van der Waals surface area contributed by atoms with E-state index in [2.05, 4.69) is 42.0 Å². The topological polar surface area (TPSA) is 111 Å². The number of ether oxygens (including phenoxy) is 3. The van der Waals surface area contributed by atoms with Gasteiger partial charge in [0.25, 0.3) is 0 Å². The van der Waals surface area contributed by atoms with Crippen molar-refractivity contribution in [2.45, 2.75) is 12.3 Å². The zero-order chi connectivity index (χ0) is 28.1. The maximum atomic E-state index is 8.91. The first-order valence-corrected chi connectivity index (χ1v) is 13.6. The van der Waals surface area contributed by atoms with E-state index in [1.807, 2.05) is 24.4 Å². The predicted octanol–water partition coefficient (Wildman–Crippen LogP) is 3.85. The highest BCUT2D eigenvalue weighted by molar-refractivity contribution is 6.42. The molecule has 2 atom stereocenters. The molecule has 2 aliphatic rings. The van der Waals surface area contributed by atoms with Gasteiger partial charge in [-0.05, 0) is 31.3 Å². The molecule has 2 aliphatic heterocycles. The molecule has 2 aromatic carbocycles. The van der Waals surface area contributed by atoms with Crippen molar-refractivity contribution in [3.8, 4) is 17.7 Å². The molecule has 2 fully saturated rings. The normalized spacial score (nSPS) is 20.5. The third kappa shape index (κ3) is 6.49. The lowest BCUT2D eigenvalue weighted by atomic mass is 10.2. The van der Waals surface area contributed by atoms with Crippen LogP contribution in [0, 0.1) is 11.5 Å². The van der Waals surface area contributed by atoms with Crippen LogP contribution < -0.4 is 14.8 Å². The number of morpholine rings is 1. The highest BCUT2D eigenvalue weighted by Gasteiger charge is 2.33. The van der Waals surface area contributed by atoms with Gasteiger partial charge in [-0.1, -0.05) is 23.2 Å². The molecule has 0 aliphatic carbocycles. The average molecular weight is 585 g/mol. The molecule has 13 heteroatoms. The molecule has 0 radical (unpaired) electrons. The Hall–Kier alpha value is -3.40. The van der Waals surface area contributed by atoms with Crippen molar-refractivity contribution in [3.05, 3.63) is 46.7 Å². The molecule has 0 saturated carbocycles. The molecular weight excluding hydrogens is 555 g/mol. The Labute approximate surface area is 242 Å². The van der Waals surface area contributed by atoms with E-state index < -0.39 is 0 Å². The first kappa shape index (κ1) is 28.1. The number of nitriles is 1. The fourth-order valence-electron chi connectivity index (χ4n) is 4.91. The lowest BCUT2D eigenvalue weighted by Gasteiger charge is -2.47. The van der Waals surface area contributed by atoms with Gasteiger partial charge >= 0.3 is 0 Å². The van der Waals surface area contributed by atoms with E-state index in [1.54, 1.807) is 25.6 Å². The number of aromatic nitrogens is 2. The number of fused-ring (bicyclic) bond motifs is 1. The van der Waals surface area contributed by atoms with Gasteiger partial charge < -0.3 is 29.3 Å². The van der Waals surface area contributed by atoms with Crippen LogP contribution in [0.3, 0.4) is 0 Å². The summed E-state index contributed by atoms with van der Waals surface area (Å²) in [6.45, 7) is 4.98. The number of nitrogens with one attached hydrogen (secondary N) is 1. The predicted molar refractivity (Wildman–Crippen MR) is 155 cm³/mol. The molecule has 40 heavy (non-hydrogen) atoms. The summed E-state index contributed by atoms with van der Waals surface area (Å²) in [6, 6.07) is 8.97. The van der Waals surface area contributed by atoms with Crippen LogP contribution in [0.25, 0.3) is 10.9 Å². The Balaban J connectivity index is 1.29. The maximum absolute atomic E-state index is 8.91. The largest absolute Gasteiger partial charge is 0.493 e. The Morgan fingerprint density at radius 2 is 2.02 bits per heavy atom. The minimum atomic E-state index is -0.145. The summed E-state index contributed by atoms with van der Waals surface area (Å²) in [6.07, 6.45) is 4.95. The number of piperazine rings is 1. The van der Waals surface area contributed by atoms with Crippen LogP contribution in [-0.2, 0) is 4.74 Å². The summed E-state index contributed by atoms with van der Waals surface area (Å²) in [5.41, 5.74) is 1.44. The molecule has 2 saturated heterocycles. The highest BCUT2D eigenvalue weighted by atomic mass is 35.5. The van der Waals surface area contributed by atoms with Crippen LogP contribution >= 0.6 is 23.2 Å². The molecular formula is C27H30Cl2N8O3. The first-order chi connectivity index (χ1) is 19.4. The number of aliphatic imine (C=N–C) groups is 1. The minimum absolute atomic E-state index is 0.107. The van der Waals surface area contributed by atoms with Crippen molar-refractivity contribution in [1.29, 1.82) is 5.26 Å². The molecule has 5 rings (SSSR count). The Morgan fingerprint density at radius 3 is 2.83 bits per heavy atom. The van der Waals surface area contributed by atoms with Crippen LogP contribution in [0.4, 0.5) is 11.5 Å². The number of rotatable bonds is 8. The summed E-state index contributed by atoms with van der Waals surface area (Å²) in [7, 11) is 3.70. The van der Waals surface area contributed by atoms with Crippen molar-refractivity contribution in [1.82, 2.24) is 24.7 Å². The van der Waals surface area contributed by atoms with Crippen molar-refractivity contribution >= 4 is 51.9 Å². The molecule has 0 bridgehead atoms. The Bertz CT molecular complexity index is 1420. The molecule has 1 N–H and O–H groups in total. The number of methoxy groups -OCH3 is 1. The van der Waals surface area contributed by atoms with E-state index >= 15 is 0 Å². The van der Waals surface area contributed by atoms with E-state index in [1.165, 1.54) is 6.33 Å². The zero-order valence-corrected chi connectivity index (χ0v) is 23.8. The zero-order valence-electron chi connectivity index (χ0n) is 22.3. The van der Waals surface area contributed by atoms with E-state index in [-0.39, 0.29) is 12.3 Å². The lowest BCUT2D eigenvalue weighted by Crippen LogP contribution is -2.62. The first-order valence-electron chi connectivity index (χ1n) is 12.8. The number of hydrogen-bond donors (Lipinski definition) is 1. The third-order valence-corrected chi connectivity index (χ3v) is 7.72. The van der Waals surface area contributed by atoms with Crippen LogP contribution in [-0.4, -0.2) is 103 Å². The molecule has 3 heterocycles. The smallest absolute Gasteiger partial charge is 0.207 e. The van der Waals surface area contributed by atoms with E-state index in [0.29, 0.717) is 52.6 Å². The van der Waals surface area contributed by atoms with Crippen molar-refractivity contribution in [2.24, 2.45) is 4.99 Å². The van der Waals surface area contributed by atoms with Gasteiger partial charge in [0.2, 0.25) is 6.19 Å². The second-order valence-corrected chi connectivity index (χ2v) is 10.4. The number of likely N-dealkylation sites (N-methyl/N-ethyl adjacent to an activating group) is 1. The summed E-state index contributed by atoms with van der Waals surface area (Å²) < 4.78 is 17.9. The lowest BCUT2D eigenvalue weighted by molar-refractivity contribution is -0.0875. The van der Waals surface area contributed by atoms with Gasteiger partial charge in [-0.25, -0.2) is 9.97 Å².